The van der Waals surface area contributed by atoms with Crippen molar-refractivity contribution in [3.8, 4) is 0 Å². The average molecular weight is 320 g/mol. The van der Waals surface area contributed by atoms with Gasteiger partial charge in [-0.3, -0.25) is 4.90 Å². The Labute approximate surface area is 126 Å². The van der Waals surface area contributed by atoms with Gasteiger partial charge in [0.05, 0.1) is 11.0 Å². The minimum absolute atomic E-state index is 0.0937. The van der Waals surface area contributed by atoms with Crippen LogP contribution in [-0.2, 0) is 10.2 Å². The van der Waals surface area contributed by atoms with Crippen molar-refractivity contribution in [2.45, 2.75) is 44.7 Å². The summed E-state index contributed by atoms with van der Waals surface area (Å²) in [7, 11) is -3.31. The minimum atomic E-state index is -3.31. The fourth-order valence-electron chi connectivity index (χ4n) is 2.52. The highest BCUT2D eigenvalue weighted by atomic mass is 32.2. The summed E-state index contributed by atoms with van der Waals surface area (Å²) in [4.78, 5) is 2.72. The standard InChI is InChI=1S/C12H24N4O2S2/c1-2-3-11(12(13)19)15-6-8-16(9-7-15)20(17,18)14-10-4-5-10/h10-11,14H,2-9H2,1H3,(H2,13,19). The van der Waals surface area contributed by atoms with E-state index < -0.39 is 10.2 Å². The second-order valence-electron chi connectivity index (χ2n) is 5.54. The van der Waals surface area contributed by atoms with E-state index in [-0.39, 0.29) is 12.1 Å². The molecule has 1 unspecified atom stereocenters. The third kappa shape index (κ3) is 4.11. The van der Waals surface area contributed by atoms with Crippen molar-refractivity contribution >= 4 is 27.4 Å². The number of rotatable bonds is 7. The zero-order valence-electron chi connectivity index (χ0n) is 11.9. The highest BCUT2D eigenvalue weighted by Gasteiger charge is 2.34. The first-order chi connectivity index (χ1) is 9.44. The van der Waals surface area contributed by atoms with E-state index in [0.717, 1.165) is 25.7 Å². The zero-order valence-corrected chi connectivity index (χ0v) is 13.5. The van der Waals surface area contributed by atoms with Crippen LogP contribution in [0.5, 0.6) is 0 Å². The van der Waals surface area contributed by atoms with Crippen LogP contribution in [0.1, 0.15) is 32.6 Å². The van der Waals surface area contributed by atoms with Crippen molar-refractivity contribution in [3.63, 3.8) is 0 Å². The third-order valence-electron chi connectivity index (χ3n) is 3.84. The summed E-state index contributed by atoms with van der Waals surface area (Å²) in [6, 6.07) is 0.249. The van der Waals surface area contributed by atoms with E-state index in [4.69, 9.17) is 18.0 Å². The minimum Gasteiger partial charge on any atom is -0.392 e. The van der Waals surface area contributed by atoms with Crippen LogP contribution in [0.15, 0.2) is 0 Å². The monoisotopic (exact) mass is 320 g/mol. The zero-order chi connectivity index (χ0) is 14.8. The quantitative estimate of drug-likeness (QED) is 0.648. The Kier molecular flexibility index (Phi) is 5.36. The molecular formula is C12H24N4O2S2. The molecular weight excluding hydrogens is 296 g/mol. The van der Waals surface area contributed by atoms with E-state index in [1.165, 1.54) is 4.31 Å². The number of thiocarbonyl (C=S) groups is 1. The Balaban J connectivity index is 1.89. The van der Waals surface area contributed by atoms with Crippen molar-refractivity contribution in [1.29, 1.82) is 0 Å². The largest absolute Gasteiger partial charge is 0.392 e. The van der Waals surface area contributed by atoms with Crippen LogP contribution in [-0.4, -0.2) is 60.9 Å². The summed E-state index contributed by atoms with van der Waals surface area (Å²) >= 11 is 5.12. The lowest BCUT2D eigenvalue weighted by molar-refractivity contribution is 0.161. The van der Waals surface area contributed by atoms with Gasteiger partial charge >= 0.3 is 0 Å². The molecule has 1 heterocycles. The Morgan fingerprint density at radius 2 is 1.95 bits per heavy atom. The van der Waals surface area contributed by atoms with Crippen molar-refractivity contribution in [2.75, 3.05) is 26.2 Å². The topological polar surface area (TPSA) is 78.7 Å². The molecule has 1 atom stereocenters. The SMILES string of the molecule is CCCC(C(N)=S)N1CCN(S(=O)(=O)NC2CC2)CC1. The number of nitrogens with zero attached hydrogens (tertiary/aromatic N) is 2. The molecule has 8 heteroatoms. The molecule has 0 amide bonds. The van der Waals surface area contributed by atoms with Crippen LogP contribution in [0.3, 0.4) is 0 Å². The lowest BCUT2D eigenvalue weighted by Crippen LogP contribution is -2.56. The maximum absolute atomic E-state index is 12.1. The van der Waals surface area contributed by atoms with Crippen LogP contribution in [0.25, 0.3) is 0 Å². The highest BCUT2D eigenvalue weighted by Crippen LogP contribution is 2.21. The van der Waals surface area contributed by atoms with Gasteiger partial charge < -0.3 is 5.73 Å². The Morgan fingerprint density at radius 3 is 2.40 bits per heavy atom. The molecule has 0 radical (unpaired) electrons. The summed E-state index contributed by atoms with van der Waals surface area (Å²) in [6.45, 7) is 4.49. The molecule has 0 aromatic heterocycles. The summed E-state index contributed by atoms with van der Waals surface area (Å²) in [6.07, 6.45) is 3.87. The summed E-state index contributed by atoms with van der Waals surface area (Å²) < 4.78 is 28.5. The predicted octanol–water partition coefficient (Wildman–Crippen LogP) is 0.0556. The van der Waals surface area contributed by atoms with Gasteiger partial charge in [0.15, 0.2) is 0 Å². The van der Waals surface area contributed by atoms with Gasteiger partial charge in [-0.25, -0.2) is 0 Å². The van der Waals surface area contributed by atoms with Crippen LogP contribution < -0.4 is 10.5 Å². The predicted molar refractivity (Wildman–Crippen MR) is 83.7 cm³/mol. The van der Waals surface area contributed by atoms with Gasteiger partial charge in [-0.1, -0.05) is 25.6 Å². The van der Waals surface area contributed by atoms with Gasteiger partial charge in [0.1, 0.15) is 0 Å². The van der Waals surface area contributed by atoms with E-state index in [1.54, 1.807) is 0 Å². The Bertz CT molecular complexity index is 442. The summed E-state index contributed by atoms with van der Waals surface area (Å²) in [5, 5.41) is 0. The van der Waals surface area contributed by atoms with Crippen LogP contribution in [0.2, 0.25) is 0 Å². The van der Waals surface area contributed by atoms with Gasteiger partial charge in [0.2, 0.25) is 0 Å². The lowest BCUT2D eigenvalue weighted by Gasteiger charge is -2.38. The van der Waals surface area contributed by atoms with Crippen molar-refractivity contribution in [2.24, 2.45) is 5.73 Å². The molecule has 2 rings (SSSR count). The van der Waals surface area contributed by atoms with E-state index in [1.807, 2.05) is 0 Å². The average Bonchev–Trinajstić information content (AvgIpc) is 3.19. The third-order valence-corrected chi connectivity index (χ3v) is 5.79. The van der Waals surface area contributed by atoms with E-state index in [2.05, 4.69) is 16.5 Å². The highest BCUT2D eigenvalue weighted by molar-refractivity contribution is 7.87. The first-order valence-electron chi connectivity index (χ1n) is 7.25. The second-order valence-corrected chi connectivity index (χ2v) is 7.71. The van der Waals surface area contributed by atoms with Crippen LogP contribution in [0, 0.1) is 0 Å². The van der Waals surface area contributed by atoms with E-state index >= 15 is 0 Å². The van der Waals surface area contributed by atoms with Crippen LogP contribution >= 0.6 is 12.2 Å². The molecule has 116 valence electrons. The fraction of sp³-hybridized carbons (Fsp3) is 0.917. The number of hydrogen-bond acceptors (Lipinski definition) is 4. The lowest BCUT2D eigenvalue weighted by atomic mass is 10.1. The molecule has 0 aromatic rings. The van der Waals surface area contributed by atoms with Gasteiger partial charge in [-0.05, 0) is 19.3 Å². The Hall–Kier alpha value is -0.280. The molecule has 2 fully saturated rings. The van der Waals surface area contributed by atoms with Gasteiger partial charge in [0, 0.05) is 32.2 Å². The maximum Gasteiger partial charge on any atom is 0.279 e. The molecule has 1 aliphatic heterocycles. The molecule has 1 aliphatic carbocycles. The van der Waals surface area contributed by atoms with Gasteiger partial charge in [0.25, 0.3) is 10.2 Å². The normalized spacial score (nSPS) is 23.6. The number of nitrogens with two attached hydrogens (primary N) is 1. The Morgan fingerprint density at radius 1 is 1.35 bits per heavy atom. The van der Waals surface area contributed by atoms with Gasteiger partial charge in [-0.2, -0.15) is 17.4 Å². The molecule has 1 saturated heterocycles. The smallest absolute Gasteiger partial charge is 0.279 e. The molecule has 3 N–H and O–H groups in total. The fourth-order valence-corrected chi connectivity index (χ4v) is 4.24. The molecule has 20 heavy (non-hydrogen) atoms. The molecule has 1 saturated carbocycles. The van der Waals surface area contributed by atoms with E-state index in [0.29, 0.717) is 31.2 Å². The first kappa shape index (κ1) is 16.1. The first-order valence-corrected chi connectivity index (χ1v) is 9.09. The summed E-state index contributed by atoms with van der Waals surface area (Å²) in [5.74, 6) is 0. The van der Waals surface area contributed by atoms with Crippen molar-refractivity contribution in [3.05, 3.63) is 0 Å². The number of nitrogens with one attached hydrogen (secondary N) is 1. The van der Waals surface area contributed by atoms with Crippen molar-refractivity contribution in [1.82, 2.24) is 13.9 Å². The molecule has 0 spiro atoms. The molecule has 0 aromatic carbocycles. The maximum atomic E-state index is 12.1. The summed E-state index contributed by atoms with van der Waals surface area (Å²) in [5.41, 5.74) is 5.79. The van der Waals surface area contributed by atoms with Crippen molar-refractivity contribution < 1.29 is 8.42 Å². The van der Waals surface area contributed by atoms with E-state index in [9.17, 15) is 8.42 Å². The molecule has 2 aliphatic rings. The van der Waals surface area contributed by atoms with Crippen LogP contribution in [0.4, 0.5) is 0 Å². The molecule has 0 bridgehead atoms. The number of piperazine rings is 1. The number of hydrogen-bond donors (Lipinski definition) is 2. The molecule has 6 nitrogen and oxygen atoms in total. The van der Waals surface area contributed by atoms with Gasteiger partial charge in [-0.15, -0.1) is 0 Å². The second kappa shape index (κ2) is 6.65.